The van der Waals surface area contributed by atoms with Crippen LogP contribution in [-0.2, 0) is 25.7 Å². The molecule has 2 atom stereocenters. The molecular weight excluding hydrogens is 396 g/mol. The van der Waals surface area contributed by atoms with Crippen molar-refractivity contribution in [1.82, 2.24) is 10.2 Å². The van der Waals surface area contributed by atoms with Crippen LogP contribution in [0.5, 0.6) is 5.75 Å². The molecule has 3 rings (SSSR count). The van der Waals surface area contributed by atoms with Crippen molar-refractivity contribution >= 4 is 17.8 Å². The third-order valence-electron chi connectivity index (χ3n) is 5.27. The Kier molecular flexibility index (Phi) is 7.28. The molecule has 1 aliphatic heterocycles. The Morgan fingerprint density at radius 2 is 1.77 bits per heavy atom. The maximum Gasteiger partial charge on any atom is 0.308 e. The van der Waals surface area contributed by atoms with Gasteiger partial charge in [0.15, 0.2) is 6.10 Å². The molecule has 31 heavy (non-hydrogen) atoms. The van der Waals surface area contributed by atoms with Crippen molar-refractivity contribution in [3.8, 4) is 5.75 Å². The van der Waals surface area contributed by atoms with E-state index in [1.807, 2.05) is 62.4 Å². The first-order valence-corrected chi connectivity index (χ1v) is 10.4. The molecule has 7 nitrogen and oxygen atoms in total. The minimum absolute atomic E-state index is 0.119. The van der Waals surface area contributed by atoms with Crippen LogP contribution in [0.15, 0.2) is 48.5 Å². The van der Waals surface area contributed by atoms with Gasteiger partial charge in [-0.05, 0) is 37.5 Å². The highest BCUT2D eigenvalue weighted by Crippen LogP contribution is 2.24. The molecule has 2 amide bonds. The molecule has 0 saturated carbocycles. The summed E-state index contributed by atoms with van der Waals surface area (Å²) in [7, 11) is 0. The second kappa shape index (κ2) is 10.1. The number of nitrogens with zero attached hydrogens (tertiary/aromatic N) is 1. The third-order valence-corrected chi connectivity index (χ3v) is 5.27. The molecular formula is C24H28N2O5. The van der Waals surface area contributed by atoms with Crippen molar-refractivity contribution < 1.29 is 23.9 Å². The van der Waals surface area contributed by atoms with Gasteiger partial charge in [-0.2, -0.15) is 0 Å². The minimum Gasteiger partial charge on any atom is -0.480 e. The lowest BCUT2D eigenvalue weighted by Crippen LogP contribution is -2.60. The number of hydrogen-bond acceptors (Lipinski definition) is 5. The number of benzene rings is 2. The van der Waals surface area contributed by atoms with Crippen LogP contribution in [-0.4, -0.2) is 47.9 Å². The van der Waals surface area contributed by atoms with E-state index in [0.717, 1.165) is 16.7 Å². The second-order valence-corrected chi connectivity index (χ2v) is 7.67. The lowest BCUT2D eigenvalue weighted by molar-refractivity contribution is -0.154. The van der Waals surface area contributed by atoms with Crippen molar-refractivity contribution in [2.45, 2.75) is 45.9 Å². The predicted octanol–water partition coefficient (Wildman–Crippen LogP) is 2.53. The number of para-hydroxylation sites is 1. The first-order chi connectivity index (χ1) is 14.9. The highest BCUT2D eigenvalue weighted by atomic mass is 16.5. The molecule has 0 spiro atoms. The van der Waals surface area contributed by atoms with E-state index in [4.69, 9.17) is 9.47 Å². The molecule has 7 heteroatoms. The van der Waals surface area contributed by atoms with Gasteiger partial charge in [-0.3, -0.25) is 14.4 Å². The van der Waals surface area contributed by atoms with E-state index in [9.17, 15) is 14.4 Å². The molecule has 1 fully saturated rings. The quantitative estimate of drug-likeness (QED) is 0.691. The van der Waals surface area contributed by atoms with Crippen LogP contribution in [0.1, 0.15) is 30.0 Å². The summed E-state index contributed by atoms with van der Waals surface area (Å²) in [5, 5.41) is 2.72. The zero-order chi connectivity index (χ0) is 22.4. The van der Waals surface area contributed by atoms with Gasteiger partial charge in [0.05, 0.1) is 6.42 Å². The van der Waals surface area contributed by atoms with Crippen molar-refractivity contribution in [2.24, 2.45) is 0 Å². The van der Waals surface area contributed by atoms with E-state index in [1.54, 1.807) is 6.92 Å². The fraction of sp³-hybridized carbons (Fsp3) is 0.375. The minimum atomic E-state index is -0.923. The van der Waals surface area contributed by atoms with Gasteiger partial charge in [0.1, 0.15) is 18.4 Å². The van der Waals surface area contributed by atoms with Gasteiger partial charge in [0, 0.05) is 13.1 Å². The highest BCUT2D eigenvalue weighted by molar-refractivity contribution is 5.93. The summed E-state index contributed by atoms with van der Waals surface area (Å²) in [4.78, 5) is 39.4. The van der Waals surface area contributed by atoms with E-state index in [1.165, 1.54) is 4.90 Å². The number of carbonyl (C=O) groups excluding carboxylic acids is 3. The summed E-state index contributed by atoms with van der Waals surface area (Å²) in [6.07, 6.45) is -1.01. The van der Waals surface area contributed by atoms with Crippen molar-refractivity contribution in [2.75, 3.05) is 13.1 Å². The van der Waals surface area contributed by atoms with Crippen LogP contribution in [0.3, 0.4) is 0 Å². The SMILES string of the molecule is Cc1cccc(C)c1O[C@@H](C)C(=O)N1CCNC(=O)[C@H]1CC(=O)OCc1ccccc1. The summed E-state index contributed by atoms with van der Waals surface area (Å²) >= 11 is 0. The summed E-state index contributed by atoms with van der Waals surface area (Å²) in [6.45, 7) is 6.25. The van der Waals surface area contributed by atoms with Gasteiger partial charge >= 0.3 is 5.97 Å². The average Bonchev–Trinajstić information content (AvgIpc) is 2.76. The van der Waals surface area contributed by atoms with Crippen LogP contribution >= 0.6 is 0 Å². The molecule has 0 radical (unpaired) electrons. The number of amides is 2. The summed E-state index contributed by atoms with van der Waals surface area (Å²) in [5.74, 6) is -0.579. The van der Waals surface area contributed by atoms with Crippen LogP contribution < -0.4 is 10.1 Å². The number of ether oxygens (including phenoxy) is 2. The van der Waals surface area contributed by atoms with Crippen LogP contribution in [0.2, 0.25) is 0 Å². The van der Waals surface area contributed by atoms with Crippen molar-refractivity contribution in [3.63, 3.8) is 0 Å². The third kappa shape index (κ3) is 5.63. The Labute approximate surface area is 182 Å². The van der Waals surface area contributed by atoms with Gasteiger partial charge in [0.25, 0.3) is 5.91 Å². The Morgan fingerprint density at radius 1 is 1.10 bits per heavy atom. The number of esters is 1. The molecule has 1 saturated heterocycles. The molecule has 2 aromatic rings. The maximum absolute atomic E-state index is 13.1. The van der Waals surface area contributed by atoms with Crippen LogP contribution in [0.25, 0.3) is 0 Å². The van der Waals surface area contributed by atoms with Crippen molar-refractivity contribution in [3.05, 3.63) is 65.2 Å². The fourth-order valence-electron chi connectivity index (χ4n) is 3.58. The van der Waals surface area contributed by atoms with E-state index < -0.39 is 18.1 Å². The molecule has 1 heterocycles. The molecule has 1 aliphatic rings. The average molecular weight is 424 g/mol. The highest BCUT2D eigenvalue weighted by Gasteiger charge is 2.37. The number of carbonyl (C=O) groups is 3. The van der Waals surface area contributed by atoms with Gasteiger partial charge in [-0.15, -0.1) is 0 Å². The van der Waals surface area contributed by atoms with Gasteiger partial charge in [-0.25, -0.2) is 0 Å². The molecule has 1 N–H and O–H groups in total. The van der Waals surface area contributed by atoms with Gasteiger partial charge in [0.2, 0.25) is 5.91 Å². The predicted molar refractivity (Wildman–Crippen MR) is 115 cm³/mol. The van der Waals surface area contributed by atoms with E-state index in [2.05, 4.69) is 5.32 Å². The normalized spacial score (nSPS) is 16.9. The molecule has 0 unspecified atom stereocenters. The van der Waals surface area contributed by atoms with Gasteiger partial charge in [-0.1, -0.05) is 48.5 Å². The largest absolute Gasteiger partial charge is 0.480 e. The molecule has 164 valence electrons. The molecule has 2 aromatic carbocycles. The first-order valence-electron chi connectivity index (χ1n) is 10.4. The Hall–Kier alpha value is -3.35. The number of piperazine rings is 1. The molecule has 0 aliphatic carbocycles. The molecule has 0 aromatic heterocycles. The van der Waals surface area contributed by atoms with Crippen LogP contribution in [0, 0.1) is 13.8 Å². The van der Waals surface area contributed by atoms with E-state index >= 15 is 0 Å². The second-order valence-electron chi connectivity index (χ2n) is 7.67. The number of nitrogens with one attached hydrogen (secondary N) is 1. The lowest BCUT2D eigenvalue weighted by Gasteiger charge is -2.36. The van der Waals surface area contributed by atoms with Crippen molar-refractivity contribution in [1.29, 1.82) is 0 Å². The Morgan fingerprint density at radius 3 is 2.45 bits per heavy atom. The van der Waals surface area contributed by atoms with E-state index in [-0.39, 0.29) is 24.8 Å². The lowest BCUT2D eigenvalue weighted by atomic mass is 10.1. The monoisotopic (exact) mass is 424 g/mol. The zero-order valence-electron chi connectivity index (χ0n) is 18.1. The summed E-state index contributed by atoms with van der Waals surface area (Å²) in [5.41, 5.74) is 2.71. The first kappa shape index (κ1) is 22.3. The zero-order valence-corrected chi connectivity index (χ0v) is 18.1. The fourth-order valence-corrected chi connectivity index (χ4v) is 3.58. The molecule has 0 bridgehead atoms. The number of aryl methyl sites for hydroxylation is 2. The topological polar surface area (TPSA) is 84.9 Å². The van der Waals surface area contributed by atoms with Crippen LogP contribution in [0.4, 0.5) is 0 Å². The standard InChI is InChI=1S/C24H28N2O5/c1-16-8-7-9-17(2)22(16)31-18(3)24(29)26-13-12-25-23(28)20(26)14-21(27)30-15-19-10-5-4-6-11-19/h4-11,18,20H,12-15H2,1-3H3,(H,25,28)/t18-,20+/m0/s1. The van der Waals surface area contributed by atoms with E-state index in [0.29, 0.717) is 18.8 Å². The summed E-state index contributed by atoms with van der Waals surface area (Å²) < 4.78 is 11.3. The van der Waals surface area contributed by atoms with Gasteiger partial charge < -0.3 is 19.7 Å². The Balaban J connectivity index is 1.65. The number of hydrogen-bond donors (Lipinski definition) is 1. The maximum atomic E-state index is 13.1. The summed E-state index contributed by atoms with van der Waals surface area (Å²) in [6, 6.07) is 14.1. The Bertz CT molecular complexity index is 924. The smallest absolute Gasteiger partial charge is 0.308 e. The number of rotatable bonds is 7.